The van der Waals surface area contributed by atoms with Gasteiger partial charge in [-0.05, 0) is 31.5 Å². The summed E-state index contributed by atoms with van der Waals surface area (Å²) >= 11 is 5.95. The van der Waals surface area contributed by atoms with Crippen molar-refractivity contribution >= 4 is 23.4 Å². The Bertz CT molecular complexity index is 444. The number of nitrogens with one attached hydrogen (secondary N) is 1. The SMILES string of the molecule is C=C(C)/C=C/c1ccc(Cl)cc1NC(=C)C. The van der Waals surface area contributed by atoms with Gasteiger partial charge in [-0.3, -0.25) is 0 Å². The zero-order chi connectivity index (χ0) is 12.1. The first kappa shape index (κ1) is 12.6. The molecule has 0 spiro atoms. The molecular formula is C14H16ClN. The molecule has 1 N–H and O–H groups in total. The number of hydrogen-bond donors (Lipinski definition) is 1. The van der Waals surface area contributed by atoms with Crippen LogP contribution in [0.5, 0.6) is 0 Å². The lowest BCUT2D eigenvalue weighted by molar-refractivity contribution is 1.39. The topological polar surface area (TPSA) is 12.0 Å². The van der Waals surface area contributed by atoms with Gasteiger partial charge in [0.2, 0.25) is 0 Å². The van der Waals surface area contributed by atoms with Crippen molar-refractivity contribution in [2.75, 3.05) is 5.32 Å². The van der Waals surface area contributed by atoms with E-state index in [1.807, 2.05) is 44.2 Å². The molecule has 1 aromatic carbocycles. The van der Waals surface area contributed by atoms with E-state index in [9.17, 15) is 0 Å². The predicted octanol–water partition coefficient (Wildman–Crippen LogP) is 4.87. The van der Waals surface area contributed by atoms with Gasteiger partial charge in [-0.1, -0.05) is 48.6 Å². The maximum atomic E-state index is 5.95. The molecule has 1 nitrogen and oxygen atoms in total. The Balaban J connectivity index is 3.06. The summed E-state index contributed by atoms with van der Waals surface area (Å²) in [5, 5.41) is 3.88. The molecule has 0 bridgehead atoms. The number of allylic oxidation sites excluding steroid dienone is 3. The second-order valence-corrected chi connectivity index (χ2v) is 4.25. The van der Waals surface area contributed by atoms with Crippen LogP contribution < -0.4 is 5.32 Å². The van der Waals surface area contributed by atoms with Gasteiger partial charge in [0, 0.05) is 16.4 Å². The minimum atomic E-state index is 0.705. The second-order valence-electron chi connectivity index (χ2n) is 3.82. The Labute approximate surface area is 102 Å². The summed E-state index contributed by atoms with van der Waals surface area (Å²) < 4.78 is 0. The van der Waals surface area contributed by atoms with Gasteiger partial charge in [0.25, 0.3) is 0 Å². The van der Waals surface area contributed by atoms with E-state index in [0.29, 0.717) is 5.02 Å². The number of anilines is 1. The Kier molecular flexibility index (Phi) is 4.39. The minimum absolute atomic E-state index is 0.705. The van der Waals surface area contributed by atoms with Crippen LogP contribution in [0, 0.1) is 0 Å². The monoisotopic (exact) mass is 233 g/mol. The van der Waals surface area contributed by atoms with Crippen LogP contribution in [0.4, 0.5) is 5.69 Å². The molecule has 2 heteroatoms. The molecule has 0 unspecified atom stereocenters. The van der Waals surface area contributed by atoms with Crippen molar-refractivity contribution in [1.82, 2.24) is 0 Å². The molecule has 0 radical (unpaired) electrons. The number of rotatable bonds is 4. The van der Waals surface area contributed by atoms with Crippen molar-refractivity contribution in [2.24, 2.45) is 0 Å². The van der Waals surface area contributed by atoms with Crippen molar-refractivity contribution in [3.8, 4) is 0 Å². The van der Waals surface area contributed by atoms with Crippen molar-refractivity contribution < 1.29 is 0 Å². The van der Waals surface area contributed by atoms with Crippen molar-refractivity contribution in [1.29, 1.82) is 0 Å². The summed E-state index contributed by atoms with van der Waals surface area (Å²) in [6, 6.07) is 5.71. The highest BCUT2D eigenvalue weighted by atomic mass is 35.5. The highest BCUT2D eigenvalue weighted by molar-refractivity contribution is 6.30. The van der Waals surface area contributed by atoms with Crippen LogP contribution in [-0.2, 0) is 0 Å². The molecule has 84 valence electrons. The molecule has 16 heavy (non-hydrogen) atoms. The maximum Gasteiger partial charge on any atom is 0.0470 e. The zero-order valence-electron chi connectivity index (χ0n) is 9.68. The number of benzene rings is 1. The second kappa shape index (κ2) is 5.57. The fourth-order valence-corrected chi connectivity index (χ4v) is 1.42. The van der Waals surface area contributed by atoms with Crippen LogP contribution >= 0.6 is 11.6 Å². The molecule has 0 aromatic heterocycles. The van der Waals surface area contributed by atoms with Gasteiger partial charge in [-0.25, -0.2) is 0 Å². The summed E-state index contributed by atoms with van der Waals surface area (Å²) in [5.41, 5.74) is 3.91. The van der Waals surface area contributed by atoms with Crippen LogP contribution in [0.25, 0.3) is 6.08 Å². The number of hydrogen-bond acceptors (Lipinski definition) is 1. The first-order chi connectivity index (χ1) is 7.49. The van der Waals surface area contributed by atoms with Gasteiger partial charge < -0.3 is 5.32 Å². The number of halogens is 1. The third-order valence-electron chi connectivity index (χ3n) is 1.91. The normalized spacial score (nSPS) is 10.4. The highest BCUT2D eigenvalue weighted by Crippen LogP contribution is 2.23. The molecule has 1 aromatic rings. The zero-order valence-corrected chi connectivity index (χ0v) is 10.4. The van der Waals surface area contributed by atoms with E-state index < -0.39 is 0 Å². The van der Waals surface area contributed by atoms with Gasteiger partial charge >= 0.3 is 0 Å². The molecule has 0 atom stereocenters. The van der Waals surface area contributed by atoms with Crippen LogP contribution in [0.1, 0.15) is 19.4 Å². The van der Waals surface area contributed by atoms with E-state index in [1.165, 1.54) is 0 Å². The standard InChI is InChI=1S/C14H16ClN/c1-10(2)5-6-12-7-8-13(15)9-14(12)16-11(3)4/h5-9,16H,1,3H2,2,4H3/b6-5+. The predicted molar refractivity (Wildman–Crippen MR) is 73.7 cm³/mol. The maximum absolute atomic E-state index is 5.95. The molecule has 0 fully saturated rings. The van der Waals surface area contributed by atoms with Gasteiger partial charge in [-0.15, -0.1) is 0 Å². The van der Waals surface area contributed by atoms with Crippen molar-refractivity contribution in [3.63, 3.8) is 0 Å². The van der Waals surface area contributed by atoms with E-state index in [2.05, 4.69) is 18.5 Å². The van der Waals surface area contributed by atoms with Gasteiger partial charge in [0.05, 0.1) is 0 Å². The summed E-state index contributed by atoms with van der Waals surface area (Å²) in [6.07, 6.45) is 3.97. The van der Waals surface area contributed by atoms with Crippen molar-refractivity contribution in [2.45, 2.75) is 13.8 Å². The van der Waals surface area contributed by atoms with Crippen LogP contribution in [0.15, 0.2) is 48.7 Å². The Hall–Kier alpha value is -1.47. The molecule has 0 amide bonds. The lowest BCUT2D eigenvalue weighted by atomic mass is 10.1. The average Bonchev–Trinajstić information content (AvgIpc) is 2.15. The van der Waals surface area contributed by atoms with Gasteiger partial charge in [-0.2, -0.15) is 0 Å². The van der Waals surface area contributed by atoms with E-state index in [4.69, 9.17) is 11.6 Å². The molecule has 0 heterocycles. The van der Waals surface area contributed by atoms with Crippen LogP contribution in [0.3, 0.4) is 0 Å². The largest absolute Gasteiger partial charge is 0.359 e. The molecule has 1 rings (SSSR count). The summed E-state index contributed by atoms with van der Waals surface area (Å²) in [5.74, 6) is 0. The van der Waals surface area contributed by atoms with Crippen LogP contribution in [-0.4, -0.2) is 0 Å². The Morgan fingerprint density at radius 2 is 2.00 bits per heavy atom. The fourth-order valence-electron chi connectivity index (χ4n) is 1.24. The molecule has 0 aliphatic rings. The molecule has 0 aliphatic carbocycles. The molecule has 0 aliphatic heterocycles. The van der Waals surface area contributed by atoms with Gasteiger partial charge in [0.15, 0.2) is 0 Å². The minimum Gasteiger partial charge on any atom is -0.359 e. The van der Waals surface area contributed by atoms with Crippen LogP contribution in [0.2, 0.25) is 5.02 Å². The Morgan fingerprint density at radius 1 is 1.31 bits per heavy atom. The molecular weight excluding hydrogens is 218 g/mol. The van der Waals surface area contributed by atoms with E-state index in [-0.39, 0.29) is 0 Å². The average molecular weight is 234 g/mol. The van der Waals surface area contributed by atoms with Gasteiger partial charge in [0.1, 0.15) is 0 Å². The van der Waals surface area contributed by atoms with E-state index in [0.717, 1.165) is 22.5 Å². The quantitative estimate of drug-likeness (QED) is 0.732. The summed E-state index contributed by atoms with van der Waals surface area (Å²) in [7, 11) is 0. The summed E-state index contributed by atoms with van der Waals surface area (Å²) in [4.78, 5) is 0. The van der Waals surface area contributed by atoms with Crippen molar-refractivity contribution in [3.05, 3.63) is 59.3 Å². The lowest BCUT2D eigenvalue weighted by Crippen LogP contribution is -1.95. The smallest absolute Gasteiger partial charge is 0.0470 e. The van der Waals surface area contributed by atoms with E-state index in [1.54, 1.807) is 0 Å². The Morgan fingerprint density at radius 3 is 2.56 bits per heavy atom. The first-order valence-electron chi connectivity index (χ1n) is 5.04. The first-order valence-corrected chi connectivity index (χ1v) is 5.42. The third kappa shape index (κ3) is 3.95. The third-order valence-corrected chi connectivity index (χ3v) is 2.15. The molecule has 0 saturated heterocycles. The summed E-state index contributed by atoms with van der Waals surface area (Å²) in [6.45, 7) is 11.5. The highest BCUT2D eigenvalue weighted by Gasteiger charge is 2.00. The molecule has 0 saturated carbocycles. The van der Waals surface area contributed by atoms with E-state index >= 15 is 0 Å². The fraction of sp³-hybridized carbons (Fsp3) is 0.143. The lowest BCUT2D eigenvalue weighted by Gasteiger charge is -2.09.